The van der Waals surface area contributed by atoms with Gasteiger partial charge in [-0.1, -0.05) is 41.9 Å². The van der Waals surface area contributed by atoms with E-state index in [0.717, 1.165) is 22.6 Å². The largest absolute Gasteiger partial charge is 0.481 e. The van der Waals surface area contributed by atoms with Crippen LogP contribution in [0.1, 0.15) is 11.3 Å². The SMILES string of the molecule is O=C(O)Cc1ccc(NC(=O)Cc2c(-c3ccc(Cl)cc3)nc3ccccn23)cc1. The first-order valence-electron chi connectivity index (χ1n) is 9.32. The summed E-state index contributed by atoms with van der Waals surface area (Å²) in [5.74, 6) is -1.09. The molecule has 1 amide bonds. The van der Waals surface area contributed by atoms with Crippen LogP contribution in [0.2, 0.25) is 5.02 Å². The van der Waals surface area contributed by atoms with Crippen LogP contribution in [0.4, 0.5) is 5.69 Å². The number of aliphatic carboxylic acids is 1. The van der Waals surface area contributed by atoms with E-state index in [4.69, 9.17) is 21.7 Å². The third kappa shape index (κ3) is 4.34. The molecule has 0 radical (unpaired) electrons. The molecule has 0 fully saturated rings. The summed E-state index contributed by atoms with van der Waals surface area (Å²) in [6.07, 6.45) is 1.95. The number of pyridine rings is 1. The molecule has 150 valence electrons. The Labute approximate surface area is 177 Å². The zero-order chi connectivity index (χ0) is 21.1. The van der Waals surface area contributed by atoms with Crippen LogP contribution in [0.15, 0.2) is 72.9 Å². The number of benzene rings is 2. The number of hydrogen-bond acceptors (Lipinski definition) is 3. The van der Waals surface area contributed by atoms with E-state index in [-0.39, 0.29) is 18.7 Å². The molecule has 0 saturated carbocycles. The van der Waals surface area contributed by atoms with Crippen molar-refractivity contribution in [1.29, 1.82) is 0 Å². The number of carboxylic acid groups (broad SMARTS) is 1. The molecule has 0 aliphatic rings. The van der Waals surface area contributed by atoms with Gasteiger partial charge in [0.15, 0.2) is 0 Å². The zero-order valence-electron chi connectivity index (χ0n) is 15.9. The van der Waals surface area contributed by atoms with Gasteiger partial charge in [0.05, 0.1) is 24.2 Å². The normalized spacial score (nSPS) is 10.8. The Morgan fingerprint density at radius 1 is 0.967 bits per heavy atom. The maximum absolute atomic E-state index is 12.8. The number of halogens is 1. The van der Waals surface area contributed by atoms with Gasteiger partial charge in [-0.05, 0) is 42.0 Å². The molecule has 0 atom stereocenters. The lowest BCUT2D eigenvalue weighted by Crippen LogP contribution is -2.16. The molecule has 2 aromatic carbocycles. The van der Waals surface area contributed by atoms with E-state index in [1.807, 2.05) is 40.9 Å². The van der Waals surface area contributed by atoms with Gasteiger partial charge in [0.25, 0.3) is 0 Å². The van der Waals surface area contributed by atoms with Crippen LogP contribution in [-0.2, 0) is 22.4 Å². The molecule has 0 saturated heterocycles. The van der Waals surface area contributed by atoms with Crippen molar-refractivity contribution in [2.75, 3.05) is 5.32 Å². The number of nitrogens with zero attached hydrogens (tertiary/aromatic N) is 2. The van der Waals surface area contributed by atoms with Gasteiger partial charge < -0.3 is 14.8 Å². The van der Waals surface area contributed by atoms with Crippen LogP contribution < -0.4 is 5.32 Å². The van der Waals surface area contributed by atoms with Crippen LogP contribution in [-0.4, -0.2) is 26.4 Å². The average Bonchev–Trinajstić information content (AvgIpc) is 3.08. The minimum absolute atomic E-state index is 0.0551. The van der Waals surface area contributed by atoms with E-state index in [0.29, 0.717) is 16.3 Å². The Morgan fingerprint density at radius 2 is 1.70 bits per heavy atom. The Bertz CT molecular complexity index is 1210. The summed E-state index contributed by atoms with van der Waals surface area (Å²) < 4.78 is 1.90. The van der Waals surface area contributed by atoms with E-state index in [1.165, 1.54) is 0 Å². The Hall–Kier alpha value is -3.64. The van der Waals surface area contributed by atoms with Crippen LogP contribution in [0.5, 0.6) is 0 Å². The standard InChI is InChI=1S/C23H18ClN3O3/c24-17-8-6-16(7-9-17)23-19(27-12-2-1-3-20(27)26-23)14-21(28)25-18-10-4-15(5-11-18)13-22(29)30/h1-12H,13-14H2,(H,25,28)(H,29,30). The lowest BCUT2D eigenvalue weighted by molar-refractivity contribution is -0.136. The fraction of sp³-hybridized carbons (Fsp3) is 0.0870. The second-order valence-electron chi connectivity index (χ2n) is 6.84. The maximum Gasteiger partial charge on any atom is 0.307 e. The van der Waals surface area contributed by atoms with Gasteiger partial charge in [-0.15, -0.1) is 0 Å². The summed E-state index contributed by atoms with van der Waals surface area (Å²) in [6.45, 7) is 0. The van der Waals surface area contributed by atoms with Crippen LogP contribution >= 0.6 is 11.6 Å². The van der Waals surface area contributed by atoms with Gasteiger partial charge in [0, 0.05) is 22.5 Å². The van der Waals surface area contributed by atoms with Crippen molar-refractivity contribution in [3.05, 3.63) is 89.2 Å². The molecular weight excluding hydrogens is 402 g/mol. The van der Waals surface area contributed by atoms with Gasteiger partial charge >= 0.3 is 5.97 Å². The molecule has 0 aliphatic heterocycles. The molecule has 0 bridgehead atoms. The summed E-state index contributed by atoms with van der Waals surface area (Å²) in [6, 6.07) is 19.8. The molecule has 30 heavy (non-hydrogen) atoms. The number of fused-ring (bicyclic) bond motifs is 1. The zero-order valence-corrected chi connectivity index (χ0v) is 16.6. The van der Waals surface area contributed by atoms with Crippen molar-refractivity contribution in [2.45, 2.75) is 12.8 Å². The first kappa shape index (κ1) is 19.7. The Morgan fingerprint density at radius 3 is 2.40 bits per heavy atom. The number of carboxylic acids is 1. The van der Waals surface area contributed by atoms with Gasteiger partial charge in [0.2, 0.25) is 5.91 Å². The smallest absolute Gasteiger partial charge is 0.307 e. The number of amides is 1. The van der Waals surface area contributed by atoms with Crippen molar-refractivity contribution >= 4 is 34.8 Å². The first-order chi connectivity index (χ1) is 14.5. The molecule has 2 aromatic heterocycles. The van der Waals surface area contributed by atoms with E-state index in [1.54, 1.807) is 36.4 Å². The number of anilines is 1. The maximum atomic E-state index is 12.8. The molecule has 0 aliphatic carbocycles. The highest BCUT2D eigenvalue weighted by Gasteiger charge is 2.17. The second-order valence-corrected chi connectivity index (χ2v) is 7.27. The highest BCUT2D eigenvalue weighted by Crippen LogP contribution is 2.26. The van der Waals surface area contributed by atoms with Crippen molar-refractivity contribution in [3.63, 3.8) is 0 Å². The summed E-state index contributed by atoms with van der Waals surface area (Å²) in [7, 11) is 0. The van der Waals surface area contributed by atoms with Crippen molar-refractivity contribution in [3.8, 4) is 11.3 Å². The fourth-order valence-electron chi connectivity index (χ4n) is 3.29. The molecule has 4 aromatic rings. The minimum Gasteiger partial charge on any atom is -0.481 e. The van der Waals surface area contributed by atoms with Crippen molar-refractivity contribution in [2.24, 2.45) is 0 Å². The average molecular weight is 420 g/mol. The van der Waals surface area contributed by atoms with E-state index >= 15 is 0 Å². The Kier molecular flexibility index (Phi) is 5.50. The van der Waals surface area contributed by atoms with Crippen LogP contribution in [0.25, 0.3) is 16.9 Å². The molecule has 2 N–H and O–H groups in total. The molecule has 0 unspecified atom stereocenters. The monoisotopic (exact) mass is 419 g/mol. The lowest BCUT2D eigenvalue weighted by atomic mass is 10.1. The first-order valence-corrected chi connectivity index (χ1v) is 9.70. The minimum atomic E-state index is -0.894. The number of carbonyl (C=O) groups excluding carboxylic acids is 1. The lowest BCUT2D eigenvalue weighted by Gasteiger charge is -2.08. The van der Waals surface area contributed by atoms with E-state index < -0.39 is 5.97 Å². The molecule has 7 heteroatoms. The van der Waals surface area contributed by atoms with Crippen LogP contribution in [0, 0.1) is 0 Å². The van der Waals surface area contributed by atoms with E-state index in [9.17, 15) is 9.59 Å². The fourth-order valence-corrected chi connectivity index (χ4v) is 3.42. The molecule has 2 heterocycles. The number of hydrogen-bond donors (Lipinski definition) is 2. The number of imidazole rings is 1. The van der Waals surface area contributed by atoms with Gasteiger partial charge in [-0.25, -0.2) is 4.98 Å². The van der Waals surface area contributed by atoms with Gasteiger partial charge in [0.1, 0.15) is 5.65 Å². The summed E-state index contributed by atoms with van der Waals surface area (Å²) in [5.41, 5.74) is 4.41. The highest BCUT2D eigenvalue weighted by molar-refractivity contribution is 6.30. The Balaban J connectivity index is 1.59. The van der Waals surface area contributed by atoms with Crippen LogP contribution in [0.3, 0.4) is 0 Å². The van der Waals surface area contributed by atoms with Crippen molar-refractivity contribution in [1.82, 2.24) is 9.38 Å². The topological polar surface area (TPSA) is 83.7 Å². The second kappa shape index (κ2) is 8.39. The summed E-state index contributed by atoms with van der Waals surface area (Å²) in [5, 5.41) is 12.4. The summed E-state index contributed by atoms with van der Waals surface area (Å²) in [4.78, 5) is 28.3. The number of rotatable bonds is 6. The number of carbonyl (C=O) groups is 2. The van der Waals surface area contributed by atoms with Crippen molar-refractivity contribution < 1.29 is 14.7 Å². The van der Waals surface area contributed by atoms with E-state index in [2.05, 4.69) is 5.32 Å². The molecule has 4 rings (SSSR count). The third-order valence-corrected chi connectivity index (χ3v) is 4.92. The molecule has 0 spiro atoms. The van der Waals surface area contributed by atoms with Gasteiger partial charge in [-0.3, -0.25) is 9.59 Å². The molecule has 6 nitrogen and oxygen atoms in total. The quantitative estimate of drug-likeness (QED) is 0.483. The molecular formula is C23H18ClN3O3. The number of aromatic nitrogens is 2. The highest BCUT2D eigenvalue weighted by atomic mass is 35.5. The van der Waals surface area contributed by atoms with Gasteiger partial charge in [-0.2, -0.15) is 0 Å². The predicted octanol–water partition coefficient (Wildman–Crippen LogP) is 4.46. The third-order valence-electron chi connectivity index (χ3n) is 4.67. The summed E-state index contributed by atoms with van der Waals surface area (Å²) >= 11 is 6.01. The predicted molar refractivity (Wildman–Crippen MR) is 116 cm³/mol. The number of nitrogens with one attached hydrogen (secondary N) is 1.